The molecule has 1 fully saturated rings. The summed E-state index contributed by atoms with van der Waals surface area (Å²) in [6.45, 7) is 2.04. The molecule has 0 radical (unpaired) electrons. The molecule has 1 unspecified atom stereocenters. The summed E-state index contributed by atoms with van der Waals surface area (Å²) in [6.07, 6.45) is 7.05. The van der Waals surface area contributed by atoms with Crippen molar-refractivity contribution in [3.63, 3.8) is 0 Å². The van der Waals surface area contributed by atoms with Crippen LogP contribution in [0.2, 0.25) is 0 Å². The molecule has 20 heavy (non-hydrogen) atoms. The van der Waals surface area contributed by atoms with E-state index in [1.807, 2.05) is 0 Å². The molecule has 1 aliphatic carbocycles. The van der Waals surface area contributed by atoms with Crippen LogP contribution in [0.4, 0.5) is 5.82 Å². The number of aromatic nitrogens is 1. The Labute approximate surface area is 120 Å². The first-order valence-electron chi connectivity index (χ1n) is 7.65. The van der Waals surface area contributed by atoms with Gasteiger partial charge in [0, 0.05) is 25.3 Å². The number of likely N-dealkylation sites (N-methyl/N-ethyl adjacent to an activating group) is 1. The molecule has 1 aliphatic heterocycles. The number of hydrogen-bond donors (Lipinski definition) is 1. The molecule has 0 spiro atoms. The molecule has 2 aliphatic rings. The molecule has 2 heterocycles. The molecule has 0 aromatic carbocycles. The van der Waals surface area contributed by atoms with Crippen LogP contribution in [-0.4, -0.2) is 31.2 Å². The van der Waals surface area contributed by atoms with E-state index in [1.54, 1.807) is 0 Å². The predicted molar refractivity (Wildman–Crippen MR) is 79.9 cm³/mol. The largest absolute Gasteiger partial charge is 0.357 e. The van der Waals surface area contributed by atoms with E-state index in [1.165, 1.54) is 36.9 Å². The Morgan fingerprint density at radius 2 is 2.25 bits per heavy atom. The maximum Gasteiger partial charge on any atom is 0.146 e. The third-order valence-electron chi connectivity index (χ3n) is 4.42. The highest BCUT2D eigenvalue weighted by Gasteiger charge is 2.21. The number of aryl methyl sites for hydroxylation is 2. The standard InChI is InChI=1S/C16H22N4/c1-20(11-14-6-4-8-18-14)16-13(10-17)9-12-5-2-3-7-15(12)19-16/h9,14,18H,2-8,11H2,1H3. The van der Waals surface area contributed by atoms with Crippen molar-refractivity contribution < 1.29 is 0 Å². The zero-order valence-corrected chi connectivity index (χ0v) is 12.2. The van der Waals surface area contributed by atoms with Gasteiger partial charge in [-0.1, -0.05) is 0 Å². The van der Waals surface area contributed by atoms with E-state index in [9.17, 15) is 5.26 Å². The van der Waals surface area contributed by atoms with Crippen molar-refractivity contribution in [1.82, 2.24) is 10.3 Å². The van der Waals surface area contributed by atoms with Crippen molar-refractivity contribution in [3.05, 3.63) is 22.9 Å². The number of hydrogen-bond acceptors (Lipinski definition) is 4. The molecule has 1 saturated heterocycles. The molecular weight excluding hydrogens is 248 g/mol. The van der Waals surface area contributed by atoms with Crippen LogP contribution in [0.15, 0.2) is 6.07 Å². The Morgan fingerprint density at radius 1 is 1.40 bits per heavy atom. The summed E-state index contributed by atoms with van der Waals surface area (Å²) in [5.74, 6) is 0.863. The summed E-state index contributed by atoms with van der Waals surface area (Å²) >= 11 is 0. The van der Waals surface area contributed by atoms with Gasteiger partial charge in [-0.2, -0.15) is 5.26 Å². The summed E-state index contributed by atoms with van der Waals surface area (Å²) in [6, 6.07) is 4.92. The lowest BCUT2D eigenvalue weighted by Crippen LogP contribution is -2.36. The number of nitrogens with one attached hydrogen (secondary N) is 1. The number of pyridine rings is 1. The summed E-state index contributed by atoms with van der Waals surface area (Å²) in [4.78, 5) is 6.95. The Kier molecular flexibility index (Phi) is 3.88. The van der Waals surface area contributed by atoms with E-state index in [0.717, 1.165) is 37.3 Å². The smallest absolute Gasteiger partial charge is 0.146 e. The van der Waals surface area contributed by atoms with Gasteiger partial charge in [-0.3, -0.25) is 0 Å². The van der Waals surface area contributed by atoms with Crippen LogP contribution >= 0.6 is 0 Å². The van der Waals surface area contributed by atoms with Crippen LogP contribution in [0.3, 0.4) is 0 Å². The van der Waals surface area contributed by atoms with Gasteiger partial charge in [-0.05, 0) is 56.7 Å². The van der Waals surface area contributed by atoms with E-state index in [-0.39, 0.29) is 0 Å². The van der Waals surface area contributed by atoms with Crippen LogP contribution in [-0.2, 0) is 12.8 Å². The Hall–Kier alpha value is -1.60. The fourth-order valence-electron chi connectivity index (χ4n) is 3.33. The fraction of sp³-hybridized carbons (Fsp3) is 0.625. The minimum atomic E-state index is 0.532. The summed E-state index contributed by atoms with van der Waals surface area (Å²) in [5.41, 5.74) is 3.21. The van der Waals surface area contributed by atoms with Crippen molar-refractivity contribution in [3.8, 4) is 6.07 Å². The lowest BCUT2D eigenvalue weighted by Gasteiger charge is -2.25. The molecule has 1 atom stereocenters. The van der Waals surface area contributed by atoms with Gasteiger partial charge < -0.3 is 10.2 Å². The third kappa shape index (κ3) is 2.64. The maximum absolute atomic E-state index is 9.40. The third-order valence-corrected chi connectivity index (χ3v) is 4.42. The zero-order chi connectivity index (χ0) is 13.9. The molecule has 4 heteroatoms. The topological polar surface area (TPSA) is 52.0 Å². The molecule has 1 aromatic rings. The van der Waals surface area contributed by atoms with Crippen molar-refractivity contribution in [2.45, 2.75) is 44.6 Å². The summed E-state index contributed by atoms with van der Waals surface area (Å²) in [5, 5.41) is 12.9. The highest BCUT2D eigenvalue weighted by atomic mass is 15.2. The fourth-order valence-corrected chi connectivity index (χ4v) is 3.33. The quantitative estimate of drug-likeness (QED) is 0.913. The number of anilines is 1. The molecule has 0 saturated carbocycles. The van der Waals surface area contributed by atoms with Crippen LogP contribution in [0.5, 0.6) is 0 Å². The normalized spacial score (nSPS) is 21.3. The van der Waals surface area contributed by atoms with Crippen molar-refractivity contribution in [1.29, 1.82) is 5.26 Å². The highest BCUT2D eigenvalue weighted by Crippen LogP contribution is 2.26. The van der Waals surface area contributed by atoms with Crippen LogP contribution in [0.25, 0.3) is 0 Å². The average molecular weight is 270 g/mol. The average Bonchev–Trinajstić information content (AvgIpc) is 2.98. The molecule has 0 amide bonds. The van der Waals surface area contributed by atoms with Crippen molar-refractivity contribution >= 4 is 5.82 Å². The van der Waals surface area contributed by atoms with Gasteiger partial charge in [-0.25, -0.2) is 4.98 Å². The minimum Gasteiger partial charge on any atom is -0.357 e. The van der Waals surface area contributed by atoms with Crippen LogP contribution in [0, 0.1) is 11.3 Å². The van der Waals surface area contributed by atoms with Gasteiger partial charge in [-0.15, -0.1) is 0 Å². The number of rotatable bonds is 3. The summed E-state index contributed by atoms with van der Waals surface area (Å²) < 4.78 is 0. The Bertz CT molecular complexity index is 526. The maximum atomic E-state index is 9.40. The monoisotopic (exact) mass is 270 g/mol. The summed E-state index contributed by atoms with van der Waals surface area (Å²) in [7, 11) is 2.05. The molecule has 1 N–H and O–H groups in total. The second kappa shape index (κ2) is 5.80. The van der Waals surface area contributed by atoms with Gasteiger partial charge >= 0.3 is 0 Å². The molecule has 3 rings (SSSR count). The van der Waals surface area contributed by atoms with Crippen molar-refractivity contribution in [2.75, 3.05) is 25.0 Å². The Morgan fingerprint density at radius 3 is 3.00 bits per heavy atom. The zero-order valence-electron chi connectivity index (χ0n) is 12.2. The highest BCUT2D eigenvalue weighted by molar-refractivity contribution is 5.56. The van der Waals surface area contributed by atoms with E-state index in [4.69, 9.17) is 4.98 Å². The van der Waals surface area contributed by atoms with Gasteiger partial charge in [0.25, 0.3) is 0 Å². The molecule has 1 aromatic heterocycles. The van der Waals surface area contributed by atoms with E-state index in [0.29, 0.717) is 6.04 Å². The second-order valence-corrected chi connectivity index (χ2v) is 5.96. The number of nitriles is 1. The molecule has 4 nitrogen and oxygen atoms in total. The lowest BCUT2D eigenvalue weighted by molar-refractivity contribution is 0.595. The first-order valence-corrected chi connectivity index (χ1v) is 7.65. The van der Waals surface area contributed by atoms with E-state index >= 15 is 0 Å². The SMILES string of the molecule is CN(CC1CCCN1)c1nc2c(cc1C#N)CCCC2. The van der Waals surface area contributed by atoms with Crippen LogP contribution < -0.4 is 10.2 Å². The minimum absolute atomic E-state index is 0.532. The van der Waals surface area contributed by atoms with Gasteiger partial charge in [0.05, 0.1) is 5.56 Å². The van der Waals surface area contributed by atoms with Gasteiger partial charge in [0.15, 0.2) is 0 Å². The predicted octanol–water partition coefficient (Wildman–Crippen LogP) is 2.02. The van der Waals surface area contributed by atoms with Crippen molar-refractivity contribution in [2.24, 2.45) is 0 Å². The first kappa shape index (κ1) is 13.4. The lowest BCUT2D eigenvalue weighted by atomic mass is 9.95. The first-order chi connectivity index (χ1) is 9.78. The number of fused-ring (bicyclic) bond motifs is 1. The van der Waals surface area contributed by atoms with Crippen LogP contribution in [0.1, 0.15) is 42.5 Å². The van der Waals surface area contributed by atoms with Gasteiger partial charge in [0.2, 0.25) is 0 Å². The molecule has 106 valence electrons. The number of nitrogens with zero attached hydrogens (tertiary/aromatic N) is 3. The van der Waals surface area contributed by atoms with E-state index < -0.39 is 0 Å². The second-order valence-electron chi connectivity index (χ2n) is 5.96. The van der Waals surface area contributed by atoms with E-state index in [2.05, 4.69) is 29.4 Å². The van der Waals surface area contributed by atoms with Gasteiger partial charge in [0.1, 0.15) is 11.9 Å². The molecule has 0 bridgehead atoms. The molecular formula is C16H22N4. The Balaban J connectivity index is 1.85.